The van der Waals surface area contributed by atoms with Crippen molar-refractivity contribution in [3.63, 3.8) is 0 Å². The monoisotopic (exact) mass is 437 g/mol. The molecule has 0 saturated carbocycles. The van der Waals surface area contributed by atoms with E-state index in [2.05, 4.69) is 9.89 Å². The van der Waals surface area contributed by atoms with Gasteiger partial charge in [-0.3, -0.25) is 9.36 Å². The van der Waals surface area contributed by atoms with Crippen LogP contribution in [0, 0.1) is 0 Å². The fraction of sp³-hybridized carbons (Fsp3) is 0.455. The van der Waals surface area contributed by atoms with Crippen molar-refractivity contribution in [3.8, 4) is 5.75 Å². The Labute approximate surface area is 184 Å². The summed E-state index contributed by atoms with van der Waals surface area (Å²) in [7, 11) is 1.64. The molecule has 0 aliphatic carbocycles. The van der Waals surface area contributed by atoms with Crippen molar-refractivity contribution in [3.05, 3.63) is 50.7 Å². The summed E-state index contributed by atoms with van der Waals surface area (Å²) in [5.74, 6) is 1.72. The molecule has 4 heterocycles. The average Bonchev–Trinajstić information content (AvgIpc) is 3.20. The summed E-state index contributed by atoms with van der Waals surface area (Å²) >= 11 is 0. The number of hydrogen-bond donors (Lipinski definition) is 1. The minimum Gasteiger partial charge on any atom is -0.441 e. The Balaban J connectivity index is 1.58. The van der Waals surface area contributed by atoms with Crippen molar-refractivity contribution in [1.82, 2.24) is 18.7 Å². The molecule has 5 rings (SSSR count). The van der Waals surface area contributed by atoms with E-state index in [0.29, 0.717) is 48.4 Å². The van der Waals surface area contributed by atoms with Crippen molar-refractivity contribution in [1.29, 1.82) is 0 Å². The van der Waals surface area contributed by atoms with Crippen LogP contribution in [0.5, 0.6) is 5.75 Å². The minimum atomic E-state index is -0.449. The number of benzene rings is 1. The molecule has 2 aliphatic rings. The Kier molecular flexibility index (Phi) is 5.09. The lowest BCUT2D eigenvalue weighted by Crippen LogP contribution is -2.44. The number of aromatic nitrogens is 4. The molecule has 168 valence electrons. The fourth-order valence-corrected chi connectivity index (χ4v) is 4.52. The number of aliphatic imine (C=N–C) groups is 1. The van der Waals surface area contributed by atoms with Gasteiger partial charge >= 0.3 is 5.69 Å². The van der Waals surface area contributed by atoms with E-state index < -0.39 is 11.2 Å². The molecule has 2 aromatic heterocycles. The number of hydrogen-bond acceptors (Lipinski definition) is 7. The lowest BCUT2D eigenvalue weighted by Gasteiger charge is -2.31. The molecule has 1 saturated heterocycles. The zero-order valence-electron chi connectivity index (χ0n) is 18.3. The van der Waals surface area contributed by atoms with E-state index in [1.54, 1.807) is 7.05 Å². The smallest absolute Gasteiger partial charge is 0.332 e. The zero-order valence-corrected chi connectivity index (χ0v) is 18.3. The molecular formula is C22H27N7O3. The number of nitrogens with two attached hydrogens (primary N) is 1. The Morgan fingerprint density at radius 1 is 1.22 bits per heavy atom. The Morgan fingerprint density at radius 2 is 2.03 bits per heavy atom. The highest BCUT2D eigenvalue weighted by molar-refractivity contribution is 5.81. The number of ether oxygens (including phenoxy) is 1. The number of aryl methyl sites for hydroxylation is 2. The van der Waals surface area contributed by atoms with Gasteiger partial charge in [0.1, 0.15) is 12.3 Å². The molecule has 1 atom stereocenters. The van der Waals surface area contributed by atoms with Gasteiger partial charge in [0.25, 0.3) is 5.56 Å². The van der Waals surface area contributed by atoms with E-state index in [4.69, 9.17) is 15.5 Å². The zero-order chi connectivity index (χ0) is 22.4. The van der Waals surface area contributed by atoms with Crippen LogP contribution in [0.4, 0.5) is 5.95 Å². The van der Waals surface area contributed by atoms with E-state index in [0.717, 1.165) is 24.9 Å². The summed E-state index contributed by atoms with van der Waals surface area (Å²) in [5, 5.41) is 0. The Bertz CT molecular complexity index is 1330. The first-order valence-corrected chi connectivity index (χ1v) is 11.0. The first-order chi connectivity index (χ1) is 15.5. The summed E-state index contributed by atoms with van der Waals surface area (Å²) in [5.41, 5.74) is 7.08. The number of fused-ring (bicyclic) bond motifs is 2. The second-order valence-electron chi connectivity index (χ2n) is 8.33. The van der Waals surface area contributed by atoms with Crippen LogP contribution < -0.4 is 26.6 Å². The van der Waals surface area contributed by atoms with Gasteiger partial charge in [-0.15, -0.1) is 0 Å². The van der Waals surface area contributed by atoms with Gasteiger partial charge in [0.2, 0.25) is 11.8 Å². The summed E-state index contributed by atoms with van der Waals surface area (Å²) in [6.45, 7) is 4.44. The van der Waals surface area contributed by atoms with E-state index in [1.807, 2.05) is 35.8 Å². The van der Waals surface area contributed by atoms with Crippen LogP contribution >= 0.6 is 0 Å². The van der Waals surface area contributed by atoms with Crippen LogP contribution in [0.3, 0.4) is 0 Å². The van der Waals surface area contributed by atoms with Crippen molar-refractivity contribution in [2.24, 2.45) is 17.8 Å². The van der Waals surface area contributed by atoms with E-state index in [1.165, 1.54) is 9.13 Å². The second-order valence-corrected chi connectivity index (χ2v) is 8.33. The second kappa shape index (κ2) is 7.94. The third-order valence-corrected chi connectivity index (χ3v) is 6.19. The molecule has 0 amide bonds. The van der Waals surface area contributed by atoms with Crippen molar-refractivity contribution < 1.29 is 4.74 Å². The standard InChI is InChI=1S/C22H27N7O3/c1-3-28-18-19(25-21(28)27-10-6-8-15(23)12-27)26(2)22(31)29(20(18)30)13-17-24-11-14-7-4-5-9-16(14)32-17/h4-5,7,9,15H,3,6,8,10-13,23H2,1-2H3. The highest BCUT2D eigenvalue weighted by atomic mass is 16.5. The maximum absolute atomic E-state index is 13.5. The van der Waals surface area contributed by atoms with Gasteiger partial charge in [-0.2, -0.15) is 4.98 Å². The first kappa shape index (κ1) is 20.5. The van der Waals surface area contributed by atoms with Crippen LogP contribution in [0.2, 0.25) is 0 Å². The van der Waals surface area contributed by atoms with E-state index in [-0.39, 0.29) is 12.6 Å². The summed E-state index contributed by atoms with van der Waals surface area (Å²) < 4.78 is 10.3. The molecular weight excluding hydrogens is 410 g/mol. The van der Waals surface area contributed by atoms with Crippen LogP contribution in [0.25, 0.3) is 11.2 Å². The third kappa shape index (κ3) is 3.31. The fourth-order valence-electron chi connectivity index (χ4n) is 4.52. The van der Waals surface area contributed by atoms with Crippen LogP contribution in [-0.4, -0.2) is 43.7 Å². The predicted octanol–water partition coefficient (Wildman–Crippen LogP) is 0.835. The van der Waals surface area contributed by atoms with Gasteiger partial charge in [0.15, 0.2) is 11.2 Å². The lowest BCUT2D eigenvalue weighted by molar-refractivity contribution is 0.487. The van der Waals surface area contributed by atoms with E-state index in [9.17, 15) is 9.59 Å². The normalized spacial score (nSPS) is 18.4. The molecule has 0 radical (unpaired) electrons. The molecule has 1 fully saturated rings. The molecule has 3 aromatic rings. The van der Waals surface area contributed by atoms with Crippen LogP contribution in [-0.2, 0) is 26.7 Å². The largest absolute Gasteiger partial charge is 0.441 e. The van der Waals surface area contributed by atoms with Gasteiger partial charge in [-0.05, 0) is 25.8 Å². The van der Waals surface area contributed by atoms with Gasteiger partial charge in [0.05, 0.1) is 6.54 Å². The number of anilines is 1. The highest BCUT2D eigenvalue weighted by Crippen LogP contribution is 2.24. The van der Waals surface area contributed by atoms with Crippen molar-refractivity contribution >= 4 is 23.0 Å². The topological polar surface area (TPSA) is 113 Å². The predicted molar refractivity (Wildman–Crippen MR) is 123 cm³/mol. The first-order valence-electron chi connectivity index (χ1n) is 11.0. The van der Waals surface area contributed by atoms with Crippen LogP contribution in [0.15, 0.2) is 38.8 Å². The molecule has 1 unspecified atom stereocenters. The Hall–Kier alpha value is -3.40. The Morgan fingerprint density at radius 3 is 2.81 bits per heavy atom. The number of para-hydroxylation sites is 1. The number of piperidine rings is 1. The molecule has 0 bridgehead atoms. The summed E-state index contributed by atoms with van der Waals surface area (Å²) in [4.78, 5) is 37.8. The summed E-state index contributed by atoms with van der Waals surface area (Å²) in [6, 6.07) is 7.68. The lowest BCUT2D eigenvalue weighted by atomic mass is 10.1. The molecule has 2 N–H and O–H groups in total. The minimum absolute atomic E-state index is 0.0331. The molecule has 10 heteroatoms. The average molecular weight is 438 g/mol. The molecule has 0 spiro atoms. The van der Waals surface area contributed by atoms with Crippen LogP contribution in [0.1, 0.15) is 25.3 Å². The molecule has 1 aromatic carbocycles. The maximum atomic E-state index is 13.5. The van der Waals surface area contributed by atoms with Crippen molar-refractivity contribution in [2.45, 2.75) is 45.4 Å². The summed E-state index contributed by atoms with van der Waals surface area (Å²) in [6.07, 6.45) is 1.94. The van der Waals surface area contributed by atoms with Gasteiger partial charge in [-0.1, -0.05) is 18.2 Å². The SMILES string of the molecule is CCn1c(N2CCCC(N)C2)nc2c1c(=O)n(CC1=NCc3ccccc3O1)c(=O)n2C. The third-order valence-electron chi connectivity index (χ3n) is 6.19. The van der Waals surface area contributed by atoms with Gasteiger partial charge in [0, 0.05) is 38.3 Å². The van der Waals surface area contributed by atoms with Crippen molar-refractivity contribution in [2.75, 3.05) is 18.0 Å². The molecule has 10 nitrogen and oxygen atoms in total. The molecule has 32 heavy (non-hydrogen) atoms. The number of nitrogens with zero attached hydrogens (tertiary/aromatic N) is 6. The van der Waals surface area contributed by atoms with E-state index >= 15 is 0 Å². The quantitative estimate of drug-likeness (QED) is 0.647. The highest BCUT2D eigenvalue weighted by Gasteiger charge is 2.26. The molecule has 2 aliphatic heterocycles. The van der Waals surface area contributed by atoms with Gasteiger partial charge < -0.3 is 19.9 Å². The maximum Gasteiger partial charge on any atom is 0.332 e. The number of imidazole rings is 1. The number of rotatable bonds is 4. The van der Waals surface area contributed by atoms with Gasteiger partial charge in [-0.25, -0.2) is 14.4 Å².